The number of ether oxygens (including phenoxy) is 1. The van der Waals surface area contributed by atoms with E-state index in [1.165, 1.54) is 12.7 Å². The number of carbonyl (C=O) groups is 1. The highest BCUT2D eigenvalue weighted by Crippen LogP contribution is 2.08. The summed E-state index contributed by atoms with van der Waals surface area (Å²) < 4.78 is 4.73. The van der Waals surface area contributed by atoms with Crippen LogP contribution < -0.4 is 5.32 Å². The van der Waals surface area contributed by atoms with Crippen LogP contribution in [0.5, 0.6) is 0 Å². The molecule has 0 radical (unpaired) electrons. The Labute approximate surface area is 96.8 Å². The molecule has 16 heavy (non-hydrogen) atoms. The van der Waals surface area contributed by atoms with E-state index in [0.29, 0.717) is 6.54 Å². The Morgan fingerprint density at radius 2 is 2.12 bits per heavy atom. The summed E-state index contributed by atoms with van der Waals surface area (Å²) in [6.45, 7) is 6.34. The molecular weight excluding hydrogens is 202 g/mol. The Kier molecular flexibility index (Phi) is 4.07. The molecule has 0 heterocycles. The van der Waals surface area contributed by atoms with Gasteiger partial charge in [-0.25, -0.2) is 0 Å². The predicted molar refractivity (Wildman–Crippen MR) is 64.1 cm³/mol. The van der Waals surface area contributed by atoms with Crippen LogP contribution in [0.15, 0.2) is 24.3 Å². The fourth-order valence-electron chi connectivity index (χ4n) is 1.47. The van der Waals surface area contributed by atoms with E-state index in [-0.39, 0.29) is 5.97 Å². The summed E-state index contributed by atoms with van der Waals surface area (Å²) in [6.07, 6.45) is 0. The lowest BCUT2D eigenvalue weighted by molar-refractivity contribution is -0.147. The Balaban J connectivity index is 2.61. The summed E-state index contributed by atoms with van der Waals surface area (Å²) in [6, 6.07) is 8.19. The Morgan fingerprint density at radius 3 is 2.69 bits per heavy atom. The molecule has 0 fully saturated rings. The van der Waals surface area contributed by atoms with E-state index in [0.717, 1.165) is 5.56 Å². The van der Waals surface area contributed by atoms with Gasteiger partial charge in [-0.15, -0.1) is 0 Å². The molecule has 0 aliphatic heterocycles. The molecule has 1 N–H and O–H groups in total. The Hall–Kier alpha value is -1.35. The van der Waals surface area contributed by atoms with E-state index >= 15 is 0 Å². The van der Waals surface area contributed by atoms with Crippen molar-refractivity contribution >= 4 is 5.97 Å². The number of methoxy groups -OCH3 is 1. The highest BCUT2D eigenvalue weighted by molar-refractivity contribution is 5.79. The topological polar surface area (TPSA) is 38.3 Å². The molecule has 0 aliphatic carbocycles. The van der Waals surface area contributed by atoms with Crippen LogP contribution in [0, 0.1) is 6.92 Å². The smallest absolute Gasteiger partial charge is 0.325 e. The second-order valence-corrected chi connectivity index (χ2v) is 4.46. The van der Waals surface area contributed by atoms with Crippen LogP contribution in [-0.4, -0.2) is 18.6 Å². The van der Waals surface area contributed by atoms with Crippen LogP contribution in [0.1, 0.15) is 25.0 Å². The zero-order valence-corrected chi connectivity index (χ0v) is 10.3. The minimum Gasteiger partial charge on any atom is -0.468 e. The molecule has 0 spiro atoms. The first kappa shape index (κ1) is 12.7. The Morgan fingerprint density at radius 1 is 1.44 bits per heavy atom. The lowest BCUT2D eigenvalue weighted by atomic mass is 10.0. The molecular formula is C13H19NO2. The largest absolute Gasteiger partial charge is 0.468 e. The molecule has 1 aromatic rings. The molecule has 1 rings (SSSR count). The molecule has 0 atom stereocenters. The molecule has 0 amide bonds. The van der Waals surface area contributed by atoms with Crippen LogP contribution in [0.2, 0.25) is 0 Å². The van der Waals surface area contributed by atoms with Crippen LogP contribution in [0.3, 0.4) is 0 Å². The van der Waals surface area contributed by atoms with Crippen molar-refractivity contribution in [2.75, 3.05) is 7.11 Å². The molecule has 1 aromatic carbocycles. The minimum absolute atomic E-state index is 0.250. The van der Waals surface area contributed by atoms with Gasteiger partial charge in [0.05, 0.1) is 7.11 Å². The number of nitrogens with one attached hydrogen (secondary N) is 1. The number of hydrogen-bond donors (Lipinski definition) is 1. The van der Waals surface area contributed by atoms with E-state index < -0.39 is 5.54 Å². The maximum Gasteiger partial charge on any atom is 0.325 e. The average molecular weight is 221 g/mol. The van der Waals surface area contributed by atoms with Gasteiger partial charge in [0.25, 0.3) is 0 Å². The van der Waals surface area contributed by atoms with Crippen molar-refractivity contribution in [3.8, 4) is 0 Å². The number of benzene rings is 1. The van der Waals surface area contributed by atoms with Crippen molar-refractivity contribution in [1.29, 1.82) is 0 Å². The van der Waals surface area contributed by atoms with Crippen molar-refractivity contribution in [1.82, 2.24) is 5.32 Å². The van der Waals surface area contributed by atoms with Gasteiger partial charge < -0.3 is 4.74 Å². The maximum absolute atomic E-state index is 11.4. The second kappa shape index (κ2) is 5.12. The van der Waals surface area contributed by atoms with Gasteiger partial charge in [-0.2, -0.15) is 0 Å². The fraction of sp³-hybridized carbons (Fsp3) is 0.462. The first-order chi connectivity index (χ1) is 7.45. The lowest BCUT2D eigenvalue weighted by Gasteiger charge is -2.23. The van der Waals surface area contributed by atoms with Gasteiger partial charge in [-0.3, -0.25) is 10.1 Å². The third-order valence-corrected chi connectivity index (χ3v) is 2.51. The molecule has 88 valence electrons. The van der Waals surface area contributed by atoms with Gasteiger partial charge in [-0.05, 0) is 26.3 Å². The zero-order chi connectivity index (χ0) is 12.2. The normalized spacial score (nSPS) is 11.2. The number of esters is 1. The van der Waals surface area contributed by atoms with E-state index in [1.807, 2.05) is 26.0 Å². The summed E-state index contributed by atoms with van der Waals surface area (Å²) in [4.78, 5) is 11.4. The quantitative estimate of drug-likeness (QED) is 0.791. The van der Waals surface area contributed by atoms with E-state index in [4.69, 9.17) is 4.74 Å². The van der Waals surface area contributed by atoms with Crippen molar-refractivity contribution < 1.29 is 9.53 Å². The third kappa shape index (κ3) is 3.35. The molecule has 0 unspecified atom stereocenters. The molecule has 3 nitrogen and oxygen atoms in total. The van der Waals surface area contributed by atoms with Crippen LogP contribution in [0.25, 0.3) is 0 Å². The van der Waals surface area contributed by atoms with Crippen molar-refractivity contribution in [3.63, 3.8) is 0 Å². The summed E-state index contributed by atoms with van der Waals surface area (Å²) in [7, 11) is 1.40. The number of aryl methyl sites for hydroxylation is 1. The molecule has 3 heteroatoms. The van der Waals surface area contributed by atoms with Gasteiger partial charge in [0.15, 0.2) is 0 Å². The van der Waals surface area contributed by atoms with Gasteiger partial charge in [-0.1, -0.05) is 29.8 Å². The summed E-state index contributed by atoms with van der Waals surface area (Å²) in [5.74, 6) is -0.250. The van der Waals surface area contributed by atoms with Gasteiger partial charge in [0.2, 0.25) is 0 Å². The standard InChI is InChI=1S/C13H19NO2/c1-10-6-5-7-11(8-10)9-14-13(2,3)12(15)16-4/h5-8,14H,9H2,1-4H3. The third-order valence-electron chi connectivity index (χ3n) is 2.51. The highest BCUT2D eigenvalue weighted by Gasteiger charge is 2.27. The minimum atomic E-state index is -0.654. The van der Waals surface area contributed by atoms with Crippen LogP contribution >= 0.6 is 0 Å². The van der Waals surface area contributed by atoms with Crippen molar-refractivity contribution in [2.45, 2.75) is 32.9 Å². The monoisotopic (exact) mass is 221 g/mol. The van der Waals surface area contributed by atoms with E-state index in [2.05, 4.69) is 24.4 Å². The second-order valence-electron chi connectivity index (χ2n) is 4.46. The summed E-state index contributed by atoms with van der Waals surface area (Å²) in [5.41, 5.74) is 1.73. The first-order valence-electron chi connectivity index (χ1n) is 5.34. The number of rotatable bonds is 4. The van der Waals surface area contributed by atoms with Crippen molar-refractivity contribution in [2.24, 2.45) is 0 Å². The zero-order valence-electron chi connectivity index (χ0n) is 10.3. The van der Waals surface area contributed by atoms with E-state index in [9.17, 15) is 4.79 Å². The maximum atomic E-state index is 11.4. The summed E-state index contributed by atoms with van der Waals surface area (Å²) in [5, 5.41) is 3.18. The number of hydrogen-bond acceptors (Lipinski definition) is 3. The van der Waals surface area contributed by atoms with Gasteiger partial charge in [0, 0.05) is 6.54 Å². The van der Waals surface area contributed by atoms with Crippen LogP contribution in [-0.2, 0) is 16.1 Å². The van der Waals surface area contributed by atoms with Crippen LogP contribution in [0.4, 0.5) is 0 Å². The van der Waals surface area contributed by atoms with Gasteiger partial charge >= 0.3 is 5.97 Å². The number of carbonyl (C=O) groups excluding carboxylic acids is 1. The molecule has 0 bridgehead atoms. The first-order valence-corrected chi connectivity index (χ1v) is 5.34. The lowest BCUT2D eigenvalue weighted by Crippen LogP contribution is -2.46. The summed E-state index contributed by atoms with van der Waals surface area (Å²) >= 11 is 0. The van der Waals surface area contributed by atoms with Crippen molar-refractivity contribution in [3.05, 3.63) is 35.4 Å². The molecule has 0 aromatic heterocycles. The molecule has 0 saturated carbocycles. The SMILES string of the molecule is COC(=O)C(C)(C)NCc1cccc(C)c1. The average Bonchev–Trinajstić information content (AvgIpc) is 2.25. The highest BCUT2D eigenvalue weighted by atomic mass is 16.5. The Bertz CT molecular complexity index is 372. The fourth-order valence-corrected chi connectivity index (χ4v) is 1.47. The van der Waals surface area contributed by atoms with E-state index in [1.54, 1.807) is 0 Å². The van der Waals surface area contributed by atoms with Gasteiger partial charge in [0.1, 0.15) is 5.54 Å². The molecule has 0 saturated heterocycles. The predicted octanol–water partition coefficient (Wildman–Crippen LogP) is 2.04. The molecule has 0 aliphatic rings.